The molecule has 1 saturated heterocycles. The molecule has 1 aromatic carbocycles. The predicted molar refractivity (Wildman–Crippen MR) is 73.7 cm³/mol. The number of ether oxygens (including phenoxy) is 1. The predicted octanol–water partition coefficient (Wildman–Crippen LogP) is 1.55. The van der Waals surface area contributed by atoms with Crippen LogP contribution in [0, 0.1) is 0 Å². The first-order valence-corrected chi connectivity index (χ1v) is 6.14. The van der Waals surface area contributed by atoms with Gasteiger partial charge in [-0.2, -0.15) is 0 Å². The third kappa shape index (κ3) is 2.35. The van der Waals surface area contributed by atoms with Crippen LogP contribution in [0.15, 0.2) is 53.7 Å². The molecule has 1 N–H and O–H groups in total. The van der Waals surface area contributed by atoms with Gasteiger partial charge in [-0.3, -0.25) is 9.79 Å². The van der Waals surface area contributed by atoms with Gasteiger partial charge in [-0.1, -0.05) is 36.9 Å². The molecule has 0 aliphatic carbocycles. The summed E-state index contributed by atoms with van der Waals surface area (Å²) in [7, 11) is 0. The lowest BCUT2D eigenvalue weighted by atomic mass is 10.0. The van der Waals surface area contributed by atoms with Crippen molar-refractivity contribution in [1.82, 2.24) is 5.32 Å². The first-order chi connectivity index (χ1) is 9.24. The zero-order valence-corrected chi connectivity index (χ0v) is 10.4. The molecule has 2 aliphatic rings. The smallest absolute Gasteiger partial charge is 0.259 e. The Morgan fingerprint density at radius 1 is 1.32 bits per heavy atom. The third-order valence-electron chi connectivity index (χ3n) is 3.13. The Kier molecular flexibility index (Phi) is 3.01. The lowest BCUT2D eigenvalue weighted by Gasteiger charge is -2.23. The Labute approximate surface area is 111 Å². The minimum atomic E-state index is -0.619. The van der Waals surface area contributed by atoms with Crippen molar-refractivity contribution in [3.8, 4) is 0 Å². The molecule has 2 aliphatic heterocycles. The van der Waals surface area contributed by atoms with E-state index in [2.05, 4.69) is 16.9 Å². The number of amides is 1. The van der Waals surface area contributed by atoms with Gasteiger partial charge in [0.1, 0.15) is 0 Å². The molecule has 4 heteroatoms. The molecule has 2 heterocycles. The monoisotopic (exact) mass is 254 g/mol. The maximum absolute atomic E-state index is 11.8. The van der Waals surface area contributed by atoms with Crippen molar-refractivity contribution in [2.75, 3.05) is 13.2 Å². The highest BCUT2D eigenvalue weighted by atomic mass is 16.5. The molecule has 19 heavy (non-hydrogen) atoms. The van der Waals surface area contributed by atoms with Crippen LogP contribution in [0.4, 0.5) is 0 Å². The van der Waals surface area contributed by atoms with Gasteiger partial charge in [0.25, 0.3) is 5.91 Å². The summed E-state index contributed by atoms with van der Waals surface area (Å²) in [5.41, 5.74) is 3.51. The number of benzene rings is 1. The highest BCUT2D eigenvalue weighted by Gasteiger charge is 2.30. The van der Waals surface area contributed by atoms with Crippen LogP contribution in [0.3, 0.4) is 0 Å². The van der Waals surface area contributed by atoms with Gasteiger partial charge in [-0.15, -0.1) is 0 Å². The fraction of sp³-hybridized carbons (Fsp3) is 0.200. The molecule has 1 unspecified atom stereocenters. The second-order valence-electron chi connectivity index (χ2n) is 4.56. The third-order valence-corrected chi connectivity index (χ3v) is 3.13. The molecule has 1 amide bonds. The van der Waals surface area contributed by atoms with Crippen LogP contribution in [0.2, 0.25) is 0 Å². The van der Waals surface area contributed by atoms with E-state index in [-0.39, 0.29) is 5.91 Å². The summed E-state index contributed by atoms with van der Waals surface area (Å²) < 4.78 is 5.48. The lowest BCUT2D eigenvalue weighted by Crippen LogP contribution is -2.46. The van der Waals surface area contributed by atoms with Crippen LogP contribution in [0.25, 0.3) is 5.57 Å². The van der Waals surface area contributed by atoms with Crippen LogP contribution >= 0.6 is 0 Å². The Morgan fingerprint density at radius 3 is 2.84 bits per heavy atom. The molecule has 0 saturated carbocycles. The van der Waals surface area contributed by atoms with Gasteiger partial charge in [0.2, 0.25) is 0 Å². The second kappa shape index (κ2) is 4.82. The number of aliphatic imine (C=N–C) groups is 1. The second-order valence-corrected chi connectivity index (χ2v) is 4.56. The number of hydrogen-bond donors (Lipinski definition) is 1. The maximum Gasteiger partial charge on any atom is 0.259 e. The number of carbonyl (C=O) groups excluding carboxylic acids is 1. The zero-order chi connectivity index (χ0) is 13.2. The van der Waals surface area contributed by atoms with Crippen LogP contribution in [0.1, 0.15) is 5.56 Å². The molecule has 4 nitrogen and oxygen atoms in total. The van der Waals surface area contributed by atoms with Crippen LogP contribution in [0.5, 0.6) is 0 Å². The molecule has 0 bridgehead atoms. The summed E-state index contributed by atoms with van der Waals surface area (Å²) in [5, 5.41) is 2.69. The van der Waals surface area contributed by atoms with Crippen molar-refractivity contribution in [3.63, 3.8) is 0 Å². The van der Waals surface area contributed by atoms with Gasteiger partial charge >= 0.3 is 0 Å². The van der Waals surface area contributed by atoms with Gasteiger partial charge in [0, 0.05) is 5.70 Å². The van der Waals surface area contributed by atoms with Gasteiger partial charge in [0.05, 0.1) is 18.9 Å². The van der Waals surface area contributed by atoms with Gasteiger partial charge < -0.3 is 10.1 Å². The average molecular weight is 254 g/mol. The van der Waals surface area contributed by atoms with Crippen molar-refractivity contribution in [2.24, 2.45) is 4.99 Å². The van der Waals surface area contributed by atoms with Crippen molar-refractivity contribution < 1.29 is 9.53 Å². The van der Waals surface area contributed by atoms with E-state index in [0.29, 0.717) is 24.6 Å². The summed E-state index contributed by atoms with van der Waals surface area (Å²) in [4.78, 5) is 16.2. The van der Waals surface area contributed by atoms with Gasteiger partial charge in [-0.05, 0) is 17.2 Å². The number of nitrogens with zero attached hydrogens (tertiary/aromatic N) is 1. The Balaban J connectivity index is 1.79. The number of nitrogens with one attached hydrogen (secondary N) is 1. The van der Waals surface area contributed by atoms with E-state index < -0.39 is 6.10 Å². The van der Waals surface area contributed by atoms with E-state index in [0.717, 1.165) is 11.1 Å². The molecular weight excluding hydrogens is 240 g/mol. The van der Waals surface area contributed by atoms with Crippen LogP contribution in [-0.2, 0) is 9.53 Å². The fourth-order valence-corrected chi connectivity index (χ4v) is 2.19. The van der Waals surface area contributed by atoms with E-state index >= 15 is 0 Å². The molecule has 0 radical (unpaired) electrons. The summed E-state index contributed by atoms with van der Waals surface area (Å²) in [5.74, 6) is -0.194. The topological polar surface area (TPSA) is 50.7 Å². The Hall–Kier alpha value is -2.20. The molecule has 96 valence electrons. The number of morpholine rings is 1. The number of rotatable bonds is 2. The number of carbonyl (C=O) groups is 1. The highest BCUT2D eigenvalue weighted by molar-refractivity contribution is 6.17. The summed E-state index contributed by atoms with van der Waals surface area (Å²) in [6.07, 6.45) is 1.32. The SMILES string of the molecule is C=C1COC(C2=NCC(c3ccccc3)=C2)C(=O)N1. The Morgan fingerprint density at radius 2 is 2.11 bits per heavy atom. The summed E-state index contributed by atoms with van der Waals surface area (Å²) in [6, 6.07) is 10.0. The zero-order valence-electron chi connectivity index (χ0n) is 10.4. The lowest BCUT2D eigenvalue weighted by molar-refractivity contribution is -0.130. The minimum absolute atomic E-state index is 0.194. The molecule has 1 fully saturated rings. The van der Waals surface area contributed by atoms with Gasteiger partial charge in [-0.25, -0.2) is 0 Å². The minimum Gasteiger partial charge on any atom is -0.356 e. The van der Waals surface area contributed by atoms with Crippen molar-refractivity contribution >= 4 is 17.2 Å². The van der Waals surface area contributed by atoms with E-state index in [1.807, 2.05) is 36.4 Å². The quantitative estimate of drug-likeness (QED) is 0.870. The van der Waals surface area contributed by atoms with E-state index in [1.165, 1.54) is 0 Å². The standard InChI is InChI=1S/C15H14N2O2/c1-10-9-19-14(15(18)17-10)13-7-12(8-16-13)11-5-3-2-4-6-11/h2-7,14H,1,8-9H2,(H,17,18). The van der Waals surface area contributed by atoms with Crippen molar-refractivity contribution in [1.29, 1.82) is 0 Å². The first-order valence-electron chi connectivity index (χ1n) is 6.14. The van der Waals surface area contributed by atoms with E-state index in [9.17, 15) is 4.79 Å². The summed E-state index contributed by atoms with van der Waals surface area (Å²) >= 11 is 0. The molecule has 0 spiro atoms. The van der Waals surface area contributed by atoms with Crippen LogP contribution < -0.4 is 5.32 Å². The van der Waals surface area contributed by atoms with E-state index in [1.54, 1.807) is 0 Å². The maximum atomic E-state index is 11.8. The van der Waals surface area contributed by atoms with Gasteiger partial charge in [0.15, 0.2) is 6.10 Å². The normalized spacial score (nSPS) is 22.8. The highest BCUT2D eigenvalue weighted by Crippen LogP contribution is 2.21. The van der Waals surface area contributed by atoms with Crippen LogP contribution in [-0.4, -0.2) is 30.9 Å². The fourth-order valence-electron chi connectivity index (χ4n) is 2.19. The van der Waals surface area contributed by atoms with Crippen molar-refractivity contribution in [2.45, 2.75) is 6.10 Å². The molecule has 3 rings (SSSR count). The molecule has 1 aromatic rings. The molecular formula is C15H14N2O2. The van der Waals surface area contributed by atoms with E-state index in [4.69, 9.17) is 4.74 Å². The largest absolute Gasteiger partial charge is 0.356 e. The molecule has 1 atom stereocenters. The Bertz CT molecular complexity index is 587. The van der Waals surface area contributed by atoms with Crippen molar-refractivity contribution in [3.05, 3.63) is 54.2 Å². The summed E-state index contributed by atoms with van der Waals surface area (Å²) in [6.45, 7) is 4.60. The number of hydrogen-bond acceptors (Lipinski definition) is 3. The molecule has 0 aromatic heterocycles. The average Bonchev–Trinajstić information content (AvgIpc) is 2.89. The first kappa shape index (κ1) is 11.9.